The molecule has 11 heteroatoms. The van der Waals surface area contributed by atoms with Gasteiger partial charge in [-0.2, -0.15) is 0 Å². The summed E-state index contributed by atoms with van der Waals surface area (Å²) in [7, 11) is 0. The van der Waals surface area contributed by atoms with Crippen molar-refractivity contribution >= 4 is 23.7 Å². The first-order chi connectivity index (χ1) is 13.9. The van der Waals surface area contributed by atoms with Crippen molar-refractivity contribution in [1.82, 2.24) is 16.0 Å². The number of carbonyl (C=O) groups excluding carboxylic acids is 3. The van der Waals surface area contributed by atoms with Gasteiger partial charge in [-0.1, -0.05) is 12.1 Å². The van der Waals surface area contributed by atoms with Crippen molar-refractivity contribution in [3.8, 4) is 5.75 Å². The molecule has 0 heterocycles. The lowest BCUT2D eigenvalue weighted by Crippen LogP contribution is -2.57. The number of phenols is 1. The van der Waals surface area contributed by atoms with Crippen LogP contribution in [0.5, 0.6) is 5.75 Å². The van der Waals surface area contributed by atoms with Gasteiger partial charge in [-0.3, -0.25) is 19.2 Å². The monoisotopic (exact) mass is 424 g/mol. The fourth-order valence-electron chi connectivity index (χ4n) is 2.34. The number of amides is 3. The van der Waals surface area contributed by atoms with Crippen molar-refractivity contribution in [2.24, 2.45) is 5.73 Å². The van der Waals surface area contributed by atoms with Gasteiger partial charge in [0.15, 0.2) is 0 Å². The molecule has 0 aliphatic carbocycles. The molecule has 0 saturated carbocycles. The highest BCUT2D eigenvalue weighted by Gasteiger charge is 2.28. The third-order valence-electron chi connectivity index (χ3n) is 4.31. The SMILES string of the molecule is CC(NC(=O)C(Cc1ccc(O)cc1)NC(=O)C(C)NC(=O)C(N)C(C)O)C(=O)O. The van der Waals surface area contributed by atoms with E-state index >= 15 is 0 Å². The van der Waals surface area contributed by atoms with Crippen LogP contribution in [0.2, 0.25) is 0 Å². The molecular formula is C19H28N4O7. The van der Waals surface area contributed by atoms with Crippen LogP contribution in [-0.2, 0) is 25.6 Å². The van der Waals surface area contributed by atoms with Gasteiger partial charge in [-0.25, -0.2) is 0 Å². The van der Waals surface area contributed by atoms with Gasteiger partial charge in [0.05, 0.1) is 6.10 Å². The smallest absolute Gasteiger partial charge is 0.325 e. The van der Waals surface area contributed by atoms with Crippen LogP contribution in [0.1, 0.15) is 26.3 Å². The Balaban J connectivity index is 2.90. The van der Waals surface area contributed by atoms with Crippen LogP contribution < -0.4 is 21.7 Å². The van der Waals surface area contributed by atoms with Gasteiger partial charge in [-0.05, 0) is 38.5 Å². The molecule has 5 unspecified atom stereocenters. The maximum absolute atomic E-state index is 12.5. The minimum Gasteiger partial charge on any atom is -0.508 e. The molecule has 0 saturated heterocycles. The summed E-state index contributed by atoms with van der Waals surface area (Å²) in [6, 6.07) is 1.29. The average Bonchev–Trinajstić information content (AvgIpc) is 2.67. The Morgan fingerprint density at radius 2 is 1.43 bits per heavy atom. The molecule has 1 rings (SSSR count). The lowest BCUT2D eigenvalue weighted by molar-refractivity contribution is -0.141. The average molecular weight is 424 g/mol. The number of hydrogen-bond donors (Lipinski definition) is 7. The van der Waals surface area contributed by atoms with Crippen molar-refractivity contribution in [2.75, 3.05) is 0 Å². The molecule has 11 nitrogen and oxygen atoms in total. The highest BCUT2D eigenvalue weighted by atomic mass is 16.4. The number of aromatic hydroxyl groups is 1. The summed E-state index contributed by atoms with van der Waals surface area (Å²) in [6.45, 7) is 3.98. The van der Waals surface area contributed by atoms with Crippen LogP contribution in [0.3, 0.4) is 0 Å². The Labute approximate surface area is 173 Å². The zero-order valence-electron chi connectivity index (χ0n) is 17.0. The van der Waals surface area contributed by atoms with E-state index in [4.69, 9.17) is 10.8 Å². The predicted molar refractivity (Wildman–Crippen MR) is 106 cm³/mol. The van der Waals surface area contributed by atoms with E-state index in [1.54, 1.807) is 12.1 Å². The molecule has 3 amide bonds. The molecule has 0 aromatic heterocycles. The van der Waals surface area contributed by atoms with Gasteiger partial charge in [0.2, 0.25) is 17.7 Å². The van der Waals surface area contributed by atoms with Crippen molar-refractivity contribution < 1.29 is 34.5 Å². The van der Waals surface area contributed by atoms with Crippen LogP contribution in [0.15, 0.2) is 24.3 Å². The van der Waals surface area contributed by atoms with Crippen molar-refractivity contribution in [3.05, 3.63) is 29.8 Å². The van der Waals surface area contributed by atoms with E-state index in [1.165, 1.54) is 32.9 Å². The molecule has 0 aliphatic heterocycles. The molecule has 0 fully saturated rings. The quantitative estimate of drug-likeness (QED) is 0.229. The third kappa shape index (κ3) is 7.68. The van der Waals surface area contributed by atoms with Gasteiger partial charge in [0.1, 0.15) is 29.9 Å². The van der Waals surface area contributed by atoms with Crippen LogP contribution in [0.4, 0.5) is 0 Å². The second-order valence-electron chi connectivity index (χ2n) is 7.00. The number of aliphatic hydroxyl groups is 1. The molecule has 0 bridgehead atoms. The molecule has 1 aromatic carbocycles. The summed E-state index contributed by atoms with van der Waals surface area (Å²) in [5.41, 5.74) is 6.12. The third-order valence-corrected chi connectivity index (χ3v) is 4.31. The first kappa shape index (κ1) is 24.9. The lowest BCUT2D eigenvalue weighted by atomic mass is 10.0. The van der Waals surface area contributed by atoms with E-state index in [1.807, 2.05) is 0 Å². The summed E-state index contributed by atoms with van der Waals surface area (Å²) in [6.07, 6.45) is -1.11. The Morgan fingerprint density at radius 1 is 0.900 bits per heavy atom. The largest absolute Gasteiger partial charge is 0.508 e. The Hall–Kier alpha value is -3.18. The lowest BCUT2D eigenvalue weighted by Gasteiger charge is -2.23. The summed E-state index contributed by atoms with van der Waals surface area (Å²) in [5.74, 6) is -3.40. The molecule has 0 spiro atoms. The fraction of sp³-hybridized carbons (Fsp3) is 0.474. The maximum atomic E-state index is 12.5. The molecule has 1 aromatic rings. The molecule has 0 aliphatic rings. The number of carbonyl (C=O) groups is 4. The Bertz CT molecular complexity index is 767. The summed E-state index contributed by atoms with van der Waals surface area (Å²) in [5, 5.41) is 34.8. The zero-order chi connectivity index (χ0) is 23.0. The number of carboxylic acids is 1. The molecule has 5 atom stereocenters. The molecule has 8 N–H and O–H groups in total. The number of carboxylic acid groups (broad SMARTS) is 1. The fourth-order valence-corrected chi connectivity index (χ4v) is 2.34. The Morgan fingerprint density at radius 3 is 1.93 bits per heavy atom. The number of hydrogen-bond acceptors (Lipinski definition) is 7. The zero-order valence-corrected chi connectivity index (χ0v) is 17.0. The van der Waals surface area contributed by atoms with Gasteiger partial charge in [0, 0.05) is 6.42 Å². The minimum atomic E-state index is -1.24. The van der Waals surface area contributed by atoms with Crippen LogP contribution in [0, 0.1) is 0 Å². The van der Waals surface area contributed by atoms with E-state index in [0.29, 0.717) is 5.56 Å². The van der Waals surface area contributed by atoms with Crippen molar-refractivity contribution in [2.45, 2.75) is 57.5 Å². The topological polar surface area (TPSA) is 191 Å². The van der Waals surface area contributed by atoms with E-state index in [2.05, 4.69) is 16.0 Å². The van der Waals surface area contributed by atoms with Crippen molar-refractivity contribution in [3.63, 3.8) is 0 Å². The summed E-state index contributed by atoms with van der Waals surface area (Å²) >= 11 is 0. The molecular weight excluding hydrogens is 396 g/mol. The number of aliphatic carboxylic acids is 1. The summed E-state index contributed by atoms with van der Waals surface area (Å²) in [4.78, 5) is 47.9. The first-order valence-electron chi connectivity index (χ1n) is 9.27. The second-order valence-corrected chi connectivity index (χ2v) is 7.00. The Kier molecular flexibility index (Phi) is 9.21. The standard InChI is InChI=1S/C19H28N4O7/c1-9(21-18(28)15(20)11(3)24)16(26)23-14(17(27)22-10(2)19(29)30)8-12-4-6-13(25)7-5-12/h4-7,9-11,14-15,24-25H,8,20H2,1-3H3,(H,21,28)(H,22,27)(H,23,26)(H,29,30). The maximum Gasteiger partial charge on any atom is 0.325 e. The van der Waals surface area contributed by atoms with Gasteiger partial charge in [0.25, 0.3) is 0 Å². The normalized spacial score (nSPS) is 15.8. The van der Waals surface area contributed by atoms with Crippen LogP contribution in [-0.4, -0.2) is 69.3 Å². The van der Waals surface area contributed by atoms with Crippen molar-refractivity contribution in [1.29, 1.82) is 0 Å². The van der Waals surface area contributed by atoms with Gasteiger partial charge < -0.3 is 37.0 Å². The minimum absolute atomic E-state index is 0.0120. The number of rotatable bonds is 10. The highest BCUT2D eigenvalue weighted by molar-refractivity contribution is 5.94. The molecule has 166 valence electrons. The van der Waals surface area contributed by atoms with Crippen LogP contribution in [0.25, 0.3) is 0 Å². The van der Waals surface area contributed by atoms with Gasteiger partial charge >= 0.3 is 5.97 Å². The van der Waals surface area contributed by atoms with E-state index in [0.717, 1.165) is 0 Å². The first-order valence-corrected chi connectivity index (χ1v) is 9.27. The number of phenolic OH excluding ortho intramolecular Hbond substituents is 1. The highest BCUT2D eigenvalue weighted by Crippen LogP contribution is 2.12. The summed E-state index contributed by atoms with van der Waals surface area (Å²) < 4.78 is 0. The molecule has 0 radical (unpaired) electrons. The second kappa shape index (κ2) is 11.1. The number of nitrogens with one attached hydrogen (secondary N) is 3. The van der Waals surface area contributed by atoms with E-state index < -0.39 is 54.0 Å². The predicted octanol–water partition coefficient (Wildman–Crippen LogP) is -1.78. The van der Waals surface area contributed by atoms with Gasteiger partial charge in [-0.15, -0.1) is 0 Å². The number of aliphatic hydroxyl groups excluding tert-OH is 1. The van der Waals surface area contributed by atoms with E-state index in [9.17, 15) is 29.4 Å². The van der Waals surface area contributed by atoms with Crippen LogP contribution >= 0.6 is 0 Å². The molecule has 30 heavy (non-hydrogen) atoms. The number of nitrogens with two attached hydrogens (primary N) is 1. The van der Waals surface area contributed by atoms with E-state index in [-0.39, 0.29) is 12.2 Å². The number of benzene rings is 1.